The van der Waals surface area contributed by atoms with E-state index >= 15 is 0 Å². The van der Waals surface area contributed by atoms with Crippen molar-refractivity contribution in [2.75, 3.05) is 0 Å². The van der Waals surface area contributed by atoms with Crippen LogP contribution in [0.15, 0.2) is 18.3 Å². The lowest BCUT2D eigenvalue weighted by Gasteiger charge is -2.19. The fourth-order valence-corrected chi connectivity index (χ4v) is 1.76. The third kappa shape index (κ3) is 2.28. The highest BCUT2D eigenvalue weighted by atomic mass is 15.0. The van der Waals surface area contributed by atoms with Gasteiger partial charge in [0.1, 0.15) is 5.82 Å². The van der Waals surface area contributed by atoms with Gasteiger partial charge in [0.15, 0.2) is 5.65 Å². The van der Waals surface area contributed by atoms with Crippen LogP contribution in [0.5, 0.6) is 0 Å². The molecule has 0 atom stereocenters. The van der Waals surface area contributed by atoms with Gasteiger partial charge in [-0.1, -0.05) is 34.6 Å². The molecule has 3 nitrogen and oxygen atoms in total. The molecule has 90 valence electrons. The molecule has 2 aromatic rings. The highest BCUT2D eigenvalue weighted by Gasteiger charge is 2.20. The Hall–Kier alpha value is -1.51. The summed E-state index contributed by atoms with van der Waals surface area (Å²) in [6, 6.07) is 3.98. The molecule has 0 aromatic carbocycles. The summed E-state index contributed by atoms with van der Waals surface area (Å²) in [4.78, 5) is 13.6. The largest absolute Gasteiger partial charge is 0.237 e. The summed E-state index contributed by atoms with van der Waals surface area (Å²) < 4.78 is 0. The van der Waals surface area contributed by atoms with Crippen LogP contribution < -0.4 is 0 Å². The van der Waals surface area contributed by atoms with Crippen molar-refractivity contribution < 1.29 is 0 Å². The maximum Gasteiger partial charge on any atom is 0.163 e. The summed E-state index contributed by atoms with van der Waals surface area (Å²) in [5.74, 6) is 1.25. The van der Waals surface area contributed by atoms with Crippen molar-refractivity contribution in [3.63, 3.8) is 0 Å². The van der Waals surface area contributed by atoms with Crippen LogP contribution in [0.25, 0.3) is 11.0 Å². The van der Waals surface area contributed by atoms with E-state index in [-0.39, 0.29) is 5.41 Å². The average Bonchev–Trinajstić information content (AvgIpc) is 2.26. The maximum absolute atomic E-state index is 4.72. The van der Waals surface area contributed by atoms with E-state index < -0.39 is 0 Å². The third-order valence-corrected chi connectivity index (χ3v) is 2.72. The van der Waals surface area contributed by atoms with Crippen molar-refractivity contribution in [2.45, 2.75) is 46.0 Å². The van der Waals surface area contributed by atoms with Crippen LogP contribution in [0.4, 0.5) is 0 Å². The minimum atomic E-state index is -0.0463. The summed E-state index contributed by atoms with van der Waals surface area (Å²) in [5.41, 5.74) is 1.85. The molecule has 17 heavy (non-hydrogen) atoms. The SMILES string of the molecule is CC(C)c1nc(C(C)(C)C)nc2ncccc12. The lowest BCUT2D eigenvalue weighted by atomic mass is 9.94. The van der Waals surface area contributed by atoms with Gasteiger partial charge in [-0.2, -0.15) is 0 Å². The zero-order valence-corrected chi connectivity index (χ0v) is 11.2. The zero-order valence-electron chi connectivity index (χ0n) is 11.2. The van der Waals surface area contributed by atoms with E-state index in [0.717, 1.165) is 22.6 Å². The summed E-state index contributed by atoms with van der Waals surface area (Å²) in [6.07, 6.45) is 1.78. The van der Waals surface area contributed by atoms with Crippen molar-refractivity contribution in [3.05, 3.63) is 29.8 Å². The Balaban J connectivity index is 2.76. The fraction of sp³-hybridized carbons (Fsp3) is 0.500. The van der Waals surface area contributed by atoms with Crippen molar-refractivity contribution in [2.24, 2.45) is 0 Å². The van der Waals surface area contributed by atoms with Crippen LogP contribution in [-0.2, 0) is 5.41 Å². The van der Waals surface area contributed by atoms with Crippen molar-refractivity contribution >= 4 is 11.0 Å². The molecule has 0 aliphatic heterocycles. The fourth-order valence-electron chi connectivity index (χ4n) is 1.76. The lowest BCUT2D eigenvalue weighted by Crippen LogP contribution is -2.18. The molecule has 0 aliphatic rings. The second-order valence-electron chi connectivity index (χ2n) is 5.71. The van der Waals surface area contributed by atoms with Crippen LogP contribution in [0, 0.1) is 0 Å². The van der Waals surface area contributed by atoms with Gasteiger partial charge in [-0.3, -0.25) is 0 Å². The minimum Gasteiger partial charge on any atom is -0.237 e. The minimum absolute atomic E-state index is 0.0463. The second kappa shape index (κ2) is 4.06. The smallest absolute Gasteiger partial charge is 0.163 e. The first-order chi connectivity index (χ1) is 7.89. The molecule has 0 amide bonds. The molecule has 0 N–H and O–H groups in total. The van der Waals surface area contributed by atoms with Gasteiger partial charge in [0.2, 0.25) is 0 Å². The van der Waals surface area contributed by atoms with Crippen molar-refractivity contribution in [1.82, 2.24) is 15.0 Å². The first-order valence-electron chi connectivity index (χ1n) is 6.02. The number of hydrogen-bond acceptors (Lipinski definition) is 3. The van der Waals surface area contributed by atoms with E-state index in [4.69, 9.17) is 4.98 Å². The number of aromatic nitrogens is 3. The van der Waals surface area contributed by atoms with Crippen molar-refractivity contribution in [3.8, 4) is 0 Å². The molecule has 3 heteroatoms. The van der Waals surface area contributed by atoms with Gasteiger partial charge in [-0.25, -0.2) is 15.0 Å². The number of rotatable bonds is 1. The van der Waals surface area contributed by atoms with Crippen LogP contribution in [0.2, 0.25) is 0 Å². The van der Waals surface area contributed by atoms with Gasteiger partial charge in [0, 0.05) is 17.0 Å². The Morgan fingerprint density at radius 3 is 2.41 bits per heavy atom. The molecule has 2 aromatic heterocycles. The second-order valence-corrected chi connectivity index (χ2v) is 5.71. The summed E-state index contributed by atoms with van der Waals surface area (Å²) in [7, 11) is 0. The van der Waals surface area contributed by atoms with E-state index in [2.05, 4.69) is 44.6 Å². The van der Waals surface area contributed by atoms with E-state index in [1.807, 2.05) is 12.1 Å². The van der Waals surface area contributed by atoms with E-state index in [9.17, 15) is 0 Å². The zero-order chi connectivity index (χ0) is 12.6. The van der Waals surface area contributed by atoms with E-state index in [0.29, 0.717) is 5.92 Å². The molecule has 0 saturated carbocycles. The lowest BCUT2D eigenvalue weighted by molar-refractivity contribution is 0.542. The topological polar surface area (TPSA) is 38.7 Å². The van der Waals surface area contributed by atoms with Gasteiger partial charge in [-0.05, 0) is 18.1 Å². The highest BCUT2D eigenvalue weighted by Crippen LogP contribution is 2.25. The predicted molar refractivity (Wildman–Crippen MR) is 70.1 cm³/mol. The Bertz CT molecular complexity index is 539. The van der Waals surface area contributed by atoms with E-state index in [1.54, 1.807) is 6.20 Å². The van der Waals surface area contributed by atoms with E-state index in [1.165, 1.54) is 0 Å². The molecule has 0 saturated heterocycles. The number of nitrogens with zero attached hydrogens (tertiary/aromatic N) is 3. The van der Waals surface area contributed by atoms with Gasteiger partial charge in [0.05, 0.1) is 5.69 Å². The first-order valence-corrected chi connectivity index (χ1v) is 6.02. The van der Waals surface area contributed by atoms with Gasteiger partial charge in [0.25, 0.3) is 0 Å². The normalized spacial score (nSPS) is 12.4. The Labute approximate surface area is 102 Å². The quantitative estimate of drug-likeness (QED) is 0.751. The average molecular weight is 229 g/mol. The Kier molecular flexibility index (Phi) is 2.86. The van der Waals surface area contributed by atoms with Crippen LogP contribution in [-0.4, -0.2) is 15.0 Å². The molecule has 0 fully saturated rings. The Morgan fingerprint density at radius 2 is 1.82 bits per heavy atom. The molecule has 0 unspecified atom stereocenters. The summed E-state index contributed by atoms with van der Waals surface area (Å²) >= 11 is 0. The molecule has 0 aliphatic carbocycles. The Morgan fingerprint density at radius 1 is 1.12 bits per heavy atom. The molecular formula is C14H19N3. The van der Waals surface area contributed by atoms with Crippen LogP contribution in [0.3, 0.4) is 0 Å². The molecular weight excluding hydrogens is 210 g/mol. The van der Waals surface area contributed by atoms with Crippen molar-refractivity contribution in [1.29, 1.82) is 0 Å². The highest BCUT2D eigenvalue weighted by molar-refractivity contribution is 5.77. The monoisotopic (exact) mass is 229 g/mol. The van der Waals surface area contributed by atoms with Crippen LogP contribution in [0.1, 0.15) is 52.1 Å². The number of hydrogen-bond donors (Lipinski definition) is 0. The van der Waals surface area contributed by atoms with Gasteiger partial charge in [-0.15, -0.1) is 0 Å². The summed E-state index contributed by atoms with van der Waals surface area (Å²) in [6.45, 7) is 10.7. The van der Waals surface area contributed by atoms with Gasteiger partial charge < -0.3 is 0 Å². The van der Waals surface area contributed by atoms with Gasteiger partial charge >= 0.3 is 0 Å². The summed E-state index contributed by atoms with van der Waals surface area (Å²) in [5, 5.41) is 1.07. The molecule has 0 spiro atoms. The molecule has 2 heterocycles. The molecule has 0 radical (unpaired) electrons. The maximum atomic E-state index is 4.72. The predicted octanol–water partition coefficient (Wildman–Crippen LogP) is 3.45. The first kappa shape index (κ1) is 12.0. The van der Waals surface area contributed by atoms with Crippen LogP contribution >= 0.6 is 0 Å². The standard InChI is InChI=1S/C14H19N3/c1-9(2)11-10-7-6-8-15-12(10)17-13(16-11)14(3,4)5/h6-9H,1-5H3. The number of fused-ring (bicyclic) bond motifs is 1. The third-order valence-electron chi connectivity index (χ3n) is 2.72. The number of pyridine rings is 1. The molecule has 0 bridgehead atoms. The molecule has 2 rings (SSSR count).